The van der Waals surface area contributed by atoms with Crippen LogP contribution in [0.5, 0.6) is 0 Å². The molecule has 4 rings (SSSR count). The minimum atomic E-state index is -0.476. The molecule has 2 unspecified atom stereocenters. The largest absolute Gasteiger partial charge is 0.345 e. The predicted octanol–water partition coefficient (Wildman–Crippen LogP) is 8.16. The van der Waals surface area contributed by atoms with E-state index in [0.29, 0.717) is 0 Å². The Bertz CT molecular complexity index is 1630. The number of hydrogen-bond acceptors (Lipinski definition) is 4. The number of imidazole rings is 2. The highest BCUT2D eigenvalue weighted by Gasteiger charge is 2.29. The number of benzene rings is 2. The molecule has 0 fully saturated rings. The Balaban J connectivity index is 1.51. The van der Waals surface area contributed by atoms with Crippen LogP contribution in [-0.2, 0) is 9.59 Å². The molecule has 2 aromatic carbocycles. The molecule has 4 aromatic rings. The Kier molecular flexibility index (Phi) is 9.76. The Hall–Kier alpha value is -4.20. The molecule has 0 aliphatic heterocycles. The van der Waals surface area contributed by atoms with Gasteiger partial charge in [-0.25, -0.2) is 9.97 Å². The molecule has 2 heterocycles. The molecule has 8 nitrogen and oxygen atoms in total. The Morgan fingerprint density at radius 2 is 1.07 bits per heavy atom. The van der Waals surface area contributed by atoms with Crippen LogP contribution in [0.25, 0.3) is 33.6 Å². The van der Waals surface area contributed by atoms with E-state index in [1.54, 1.807) is 0 Å². The van der Waals surface area contributed by atoms with Crippen LogP contribution in [0.4, 0.5) is 0 Å². The molecule has 0 saturated heterocycles. The molecule has 2 aromatic heterocycles. The summed E-state index contributed by atoms with van der Waals surface area (Å²) in [6.45, 7) is 21.9. The van der Waals surface area contributed by atoms with Crippen molar-refractivity contribution in [3.63, 3.8) is 0 Å². The molecular weight excluding hydrogens is 560 g/mol. The second-order valence-electron chi connectivity index (χ2n) is 14.9. The third kappa shape index (κ3) is 7.91. The molecule has 45 heavy (non-hydrogen) atoms. The van der Waals surface area contributed by atoms with Gasteiger partial charge >= 0.3 is 0 Å². The van der Waals surface area contributed by atoms with Gasteiger partial charge in [-0.15, -0.1) is 0 Å². The van der Waals surface area contributed by atoms with E-state index in [1.807, 2.05) is 53.9 Å². The highest BCUT2D eigenvalue weighted by molar-refractivity contribution is 5.82. The second kappa shape index (κ2) is 13.0. The van der Waals surface area contributed by atoms with E-state index in [1.165, 1.54) is 0 Å². The number of H-pyrrole nitrogens is 2. The number of amides is 2. The molecule has 2 atom stereocenters. The molecule has 0 spiro atoms. The predicted molar refractivity (Wildman–Crippen MR) is 182 cm³/mol. The van der Waals surface area contributed by atoms with Crippen molar-refractivity contribution in [3.05, 3.63) is 72.1 Å². The van der Waals surface area contributed by atoms with Crippen LogP contribution in [-0.4, -0.2) is 31.8 Å². The maximum Gasteiger partial charge on any atom is 0.225 e. The van der Waals surface area contributed by atoms with Crippen molar-refractivity contribution in [2.45, 2.75) is 88.2 Å². The fourth-order valence-electron chi connectivity index (χ4n) is 5.08. The summed E-state index contributed by atoms with van der Waals surface area (Å²) in [5.74, 6) is 1.88. The zero-order valence-electron chi connectivity index (χ0n) is 28.7. The monoisotopic (exact) mass is 610 g/mol. The first-order chi connectivity index (χ1) is 21.0. The summed E-state index contributed by atoms with van der Waals surface area (Å²) in [4.78, 5) is 41.6. The van der Waals surface area contributed by atoms with E-state index < -0.39 is 10.8 Å². The zero-order chi connectivity index (χ0) is 33.3. The molecule has 0 aliphatic rings. The highest BCUT2D eigenvalue weighted by Crippen LogP contribution is 2.31. The Labute approximate surface area is 268 Å². The minimum absolute atomic E-state index is 0.00197. The van der Waals surface area contributed by atoms with E-state index in [9.17, 15) is 9.59 Å². The van der Waals surface area contributed by atoms with Gasteiger partial charge in [-0.3, -0.25) is 9.59 Å². The number of hydrogen-bond donors (Lipinski definition) is 4. The van der Waals surface area contributed by atoms with Crippen LogP contribution in [0.1, 0.15) is 98.5 Å². The lowest BCUT2D eigenvalue weighted by atomic mass is 9.93. The maximum absolute atomic E-state index is 12.7. The molecule has 0 bridgehead atoms. The van der Waals surface area contributed by atoms with Crippen molar-refractivity contribution in [2.24, 2.45) is 22.7 Å². The first-order valence-electron chi connectivity index (χ1n) is 15.9. The Morgan fingerprint density at radius 3 is 1.51 bits per heavy atom. The van der Waals surface area contributed by atoms with Crippen LogP contribution >= 0.6 is 0 Å². The lowest BCUT2D eigenvalue weighted by Crippen LogP contribution is -2.39. The van der Waals surface area contributed by atoms with Crippen molar-refractivity contribution in [3.8, 4) is 33.6 Å². The fraction of sp³-hybridized carbons (Fsp3) is 0.459. The summed E-state index contributed by atoms with van der Waals surface area (Å²) in [5.41, 5.74) is 6.34. The zero-order valence-corrected chi connectivity index (χ0v) is 28.7. The van der Waals surface area contributed by atoms with Gasteiger partial charge in [0.25, 0.3) is 0 Å². The number of nitrogens with one attached hydrogen (secondary N) is 4. The highest BCUT2D eigenvalue weighted by atomic mass is 16.2. The van der Waals surface area contributed by atoms with Gasteiger partial charge in [-0.2, -0.15) is 0 Å². The molecule has 0 aliphatic carbocycles. The van der Waals surface area contributed by atoms with Crippen molar-refractivity contribution < 1.29 is 9.59 Å². The normalized spacial score (nSPS) is 13.6. The van der Waals surface area contributed by atoms with Crippen molar-refractivity contribution in [1.29, 1.82) is 0 Å². The van der Waals surface area contributed by atoms with Gasteiger partial charge in [0.2, 0.25) is 11.8 Å². The van der Waals surface area contributed by atoms with Gasteiger partial charge in [0, 0.05) is 16.4 Å². The molecule has 8 heteroatoms. The molecule has 0 radical (unpaired) electrons. The van der Waals surface area contributed by atoms with Crippen LogP contribution in [0.15, 0.2) is 54.9 Å². The van der Waals surface area contributed by atoms with Crippen molar-refractivity contribution >= 4 is 11.8 Å². The number of aromatic amines is 2. The second-order valence-corrected chi connectivity index (χ2v) is 14.9. The van der Waals surface area contributed by atoms with Crippen molar-refractivity contribution in [1.82, 2.24) is 30.6 Å². The van der Waals surface area contributed by atoms with E-state index in [4.69, 9.17) is 0 Å². The summed E-state index contributed by atoms with van der Waals surface area (Å²) >= 11 is 0. The SMILES string of the molecule is Cc1cc(-c2ccc(-c3cnc(C(NC(=O)C(C)(C)C)C(C)C)[nH]3)cc2)ccc1-c1cnc(C(NC(=O)C(C)(C)C)C(C)C)[nH]1. The molecule has 2 amide bonds. The van der Waals surface area contributed by atoms with E-state index in [-0.39, 0.29) is 35.7 Å². The number of carbonyl (C=O) groups excluding carboxylic acids is 2. The van der Waals surface area contributed by atoms with Gasteiger partial charge in [-0.05, 0) is 41.0 Å². The average Bonchev–Trinajstić information content (AvgIpc) is 3.63. The third-order valence-electron chi connectivity index (χ3n) is 8.09. The number of nitrogens with zero attached hydrogens (tertiary/aromatic N) is 2. The van der Waals surface area contributed by atoms with E-state index in [0.717, 1.165) is 50.9 Å². The first kappa shape index (κ1) is 33.7. The van der Waals surface area contributed by atoms with Gasteiger partial charge in [0.1, 0.15) is 11.6 Å². The maximum atomic E-state index is 12.7. The summed E-state index contributed by atoms with van der Waals surface area (Å²) < 4.78 is 0. The van der Waals surface area contributed by atoms with E-state index in [2.05, 4.69) is 108 Å². The summed E-state index contributed by atoms with van der Waals surface area (Å²) in [7, 11) is 0. The quantitative estimate of drug-likeness (QED) is 0.153. The van der Waals surface area contributed by atoms with Crippen LogP contribution in [0.3, 0.4) is 0 Å². The lowest BCUT2D eigenvalue weighted by molar-refractivity contribution is -0.130. The Morgan fingerprint density at radius 1 is 0.644 bits per heavy atom. The minimum Gasteiger partial charge on any atom is -0.345 e. The molecular formula is C37H50N6O2. The first-order valence-corrected chi connectivity index (χ1v) is 15.9. The van der Waals surface area contributed by atoms with E-state index >= 15 is 0 Å². The lowest BCUT2D eigenvalue weighted by Gasteiger charge is -2.25. The van der Waals surface area contributed by atoms with Crippen LogP contribution in [0.2, 0.25) is 0 Å². The summed E-state index contributed by atoms with van der Waals surface area (Å²) in [6.07, 6.45) is 3.68. The van der Waals surface area contributed by atoms with Gasteiger partial charge in [0.15, 0.2) is 0 Å². The number of carbonyl (C=O) groups is 2. The topological polar surface area (TPSA) is 116 Å². The third-order valence-corrected chi connectivity index (χ3v) is 8.09. The van der Waals surface area contributed by atoms with Gasteiger partial charge in [0.05, 0.1) is 35.9 Å². The van der Waals surface area contributed by atoms with Crippen molar-refractivity contribution in [2.75, 3.05) is 0 Å². The molecule has 4 N–H and O–H groups in total. The van der Waals surface area contributed by atoms with Crippen LogP contribution in [0, 0.1) is 29.6 Å². The fourth-order valence-corrected chi connectivity index (χ4v) is 5.08. The number of aryl methyl sites for hydroxylation is 1. The summed E-state index contributed by atoms with van der Waals surface area (Å²) in [6, 6.07) is 14.4. The molecule has 240 valence electrons. The number of aromatic nitrogens is 4. The molecule has 0 saturated carbocycles. The van der Waals surface area contributed by atoms with Crippen LogP contribution < -0.4 is 10.6 Å². The number of rotatable bonds is 9. The van der Waals surface area contributed by atoms with Gasteiger partial charge in [-0.1, -0.05) is 112 Å². The standard InChI is InChI=1S/C37H50N6O2/c1-21(2)30(42-34(44)36(6,7)8)32-38-19-28(40-32)25-14-12-24(13-15-25)26-16-17-27(23(5)18-26)29-20-39-33(41-29)31(22(3)4)43-35(45)37(9,10)11/h12-22,30-31H,1-11H3,(H,38,40)(H,39,41)(H,42,44)(H,43,45). The average molecular weight is 611 g/mol. The van der Waals surface area contributed by atoms with Gasteiger partial charge < -0.3 is 20.6 Å². The smallest absolute Gasteiger partial charge is 0.225 e. The summed E-state index contributed by atoms with van der Waals surface area (Å²) in [5, 5.41) is 6.33.